The topological polar surface area (TPSA) is 81.5 Å². The third kappa shape index (κ3) is 4.84. The second kappa shape index (κ2) is 9.97. The second-order valence-corrected chi connectivity index (χ2v) is 9.92. The number of benzene rings is 2. The molecule has 2 aliphatic heterocycles. The number of hydrogen-bond acceptors (Lipinski definition) is 7. The highest BCUT2D eigenvalue weighted by atomic mass is 32.2. The van der Waals surface area contributed by atoms with E-state index in [4.69, 9.17) is 9.47 Å². The number of carbonyl (C=O) groups is 1. The molecule has 0 saturated carbocycles. The van der Waals surface area contributed by atoms with Crippen molar-refractivity contribution in [3.63, 3.8) is 0 Å². The first-order valence-corrected chi connectivity index (χ1v) is 12.6. The van der Waals surface area contributed by atoms with Gasteiger partial charge in [0, 0.05) is 24.8 Å². The zero-order chi connectivity index (χ0) is 23.5. The highest BCUT2D eigenvalue weighted by molar-refractivity contribution is 8.00. The summed E-state index contributed by atoms with van der Waals surface area (Å²) in [4.78, 5) is 15.3. The standard InChI is InChI=1S/C25H29N5O3S/c1-17-6-9-20(10-7-17)30-24(29-12-4-3-5-13-29)27-28-25(30)34-18(2)23(31)26-19-8-11-21-22(16-19)33-15-14-32-21/h6-11,16,18H,3-5,12-15H2,1-2H3,(H,26,31). The van der Waals surface area contributed by atoms with Crippen LogP contribution in [0.2, 0.25) is 0 Å². The molecular weight excluding hydrogens is 450 g/mol. The summed E-state index contributed by atoms with van der Waals surface area (Å²) in [5.41, 5.74) is 2.87. The van der Waals surface area contributed by atoms with E-state index in [1.165, 1.54) is 23.7 Å². The lowest BCUT2D eigenvalue weighted by Crippen LogP contribution is -2.31. The molecular formula is C25H29N5O3S. The molecule has 2 aromatic carbocycles. The van der Waals surface area contributed by atoms with Crippen molar-refractivity contribution in [2.75, 3.05) is 36.5 Å². The van der Waals surface area contributed by atoms with Gasteiger partial charge in [-0.3, -0.25) is 9.36 Å². The quantitative estimate of drug-likeness (QED) is 0.523. The fraction of sp³-hybridized carbons (Fsp3) is 0.400. The van der Waals surface area contributed by atoms with Gasteiger partial charge in [-0.15, -0.1) is 10.2 Å². The lowest BCUT2D eigenvalue weighted by Gasteiger charge is -2.28. The Kier molecular flexibility index (Phi) is 6.62. The van der Waals surface area contributed by atoms with Gasteiger partial charge in [0.2, 0.25) is 11.9 Å². The number of hydrogen-bond donors (Lipinski definition) is 1. The molecule has 1 amide bonds. The largest absolute Gasteiger partial charge is 0.486 e. The van der Waals surface area contributed by atoms with Gasteiger partial charge in [-0.05, 0) is 57.4 Å². The van der Waals surface area contributed by atoms with Crippen molar-refractivity contribution in [3.05, 3.63) is 48.0 Å². The van der Waals surface area contributed by atoms with Crippen molar-refractivity contribution in [1.29, 1.82) is 0 Å². The highest BCUT2D eigenvalue weighted by Gasteiger charge is 2.25. The van der Waals surface area contributed by atoms with E-state index in [0.29, 0.717) is 35.6 Å². The van der Waals surface area contributed by atoms with E-state index in [9.17, 15) is 4.79 Å². The number of fused-ring (bicyclic) bond motifs is 1. The van der Waals surface area contributed by atoms with Gasteiger partial charge in [0.05, 0.1) is 10.9 Å². The van der Waals surface area contributed by atoms with E-state index < -0.39 is 0 Å². The molecule has 1 saturated heterocycles. The maximum atomic E-state index is 13.0. The second-order valence-electron chi connectivity index (χ2n) is 8.61. The van der Waals surface area contributed by atoms with Crippen LogP contribution < -0.4 is 19.7 Å². The predicted molar refractivity (Wildman–Crippen MR) is 134 cm³/mol. The molecule has 8 nitrogen and oxygen atoms in total. The fourth-order valence-electron chi connectivity index (χ4n) is 4.13. The number of amides is 1. The minimum Gasteiger partial charge on any atom is -0.486 e. The van der Waals surface area contributed by atoms with Crippen LogP contribution in [0.25, 0.3) is 5.69 Å². The van der Waals surface area contributed by atoms with Crippen molar-refractivity contribution < 1.29 is 14.3 Å². The van der Waals surface area contributed by atoms with Crippen molar-refractivity contribution in [2.24, 2.45) is 0 Å². The predicted octanol–water partition coefficient (Wildman–Crippen LogP) is 4.46. The fourth-order valence-corrected chi connectivity index (χ4v) is 5.00. The van der Waals surface area contributed by atoms with Gasteiger partial charge >= 0.3 is 0 Å². The van der Waals surface area contributed by atoms with Gasteiger partial charge < -0.3 is 19.7 Å². The molecule has 1 N–H and O–H groups in total. The van der Waals surface area contributed by atoms with Gasteiger partial charge in [-0.25, -0.2) is 0 Å². The summed E-state index contributed by atoms with van der Waals surface area (Å²) in [6.07, 6.45) is 3.54. The average Bonchev–Trinajstić information content (AvgIpc) is 3.28. The van der Waals surface area contributed by atoms with E-state index in [2.05, 4.69) is 56.2 Å². The number of nitrogens with zero attached hydrogens (tertiary/aromatic N) is 4. The third-order valence-corrected chi connectivity index (χ3v) is 7.05. The number of carbonyl (C=O) groups excluding carboxylic acids is 1. The number of anilines is 2. The molecule has 34 heavy (non-hydrogen) atoms. The van der Waals surface area contributed by atoms with Crippen molar-refractivity contribution in [2.45, 2.75) is 43.5 Å². The molecule has 1 fully saturated rings. The molecule has 3 aromatic rings. The lowest BCUT2D eigenvalue weighted by molar-refractivity contribution is -0.115. The molecule has 0 bridgehead atoms. The van der Waals surface area contributed by atoms with Crippen molar-refractivity contribution in [3.8, 4) is 17.2 Å². The van der Waals surface area contributed by atoms with Crippen molar-refractivity contribution >= 4 is 29.3 Å². The number of aryl methyl sites for hydroxylation is 1. The number of thioether (sulfide) groups is 1. The molecule has 3 heterocycles. The number of rotatable bonds is 6. The molecule has 0 aliphatic carbocycles. The minimum absolute atomic E-state index is 0.111. The molecule has 1 unspecified atom stereocenters. The van der Waals surface area contributed by atoms with Gasteiger partial charge in [0.15, 0.2) is 16.7 Å². The van der Waals surface area contributed by atoms with Crippen LogP contribution >= 0.6 is 11.8 Å². The summed E-state index contributed by atoms with van der Waals surface area (Å²) in [5, 5.41) is 12.3. The maximum Gasteiger partial charge on any atom is 0.237 e. The Morgan fingerprint density at radius 3 is 2.50 bits per heavy atom. The van der Waals surface area contributed by atoms with Gasteiger partial charge in [0.25, 0.3) is 0 Å². The number of nitrogens with one attached hydrogen (secondary N) is 1. The van der Waals surface area contributed by atoms with Crippen LogP contribution in [-0.4, -0.2) is 52.2 Å². The SMILES string of the molecule is Cc1ccc(-n2c(SC(C)C(=O)Nc3ccc4c(c3)OCCO4)nnc2N2CCCCC2)cc1. The summed E-state index contributed by atoms with van der Waals surface area (Å²) in [7, 11) is 0. The molecule has 9 heteroatoms. The van der Waals surface area contributed by atoms with Crippen LogP contribution in [0, 0.1) is 6.92 Å². The lowest BCUT2D eigenvalue weighted by atomic mass is 10.1. The Hall–Kier alpha value is -3.20. The first-order valence-electron chi connectivity index (χ1n) is 11.7. The first kappa shape index (κ1) is 22.6. The molecule has 1 aromatic heterocycles. The zero-order valence-corrected chi connectivity index (χ0v) is 20.3. The summed E-state index contributed by atoms with van der Waals surface area (Å²) in [6.45, 7) is 6.93. The molecule has 178 valence electrons. The van der Waals surface area contributed by atoms with E-state index >= 15 is 0 Å². The van der Waals surface area contributed by atoms with Gasteiger partial charge in [0.1, 0.15) is 13.2 Å². The molecule has 5 rings (SSSR count). The van der Waals surface area contributed by atoms with Crippen LogP contribution in [0.5, 0.6) is 11.5 Å². The van der Waals surface area contributed by atoms with Crippen LogP contribution in [0.4, 0.5) is 11.6 Å². The van der Waals surface area contributed by atoms with Gasteiger partial charge in [-0.2, -0.15) is 0 Å². The monoisotopic (exact) mass is 479 g/mol. The number of piperidine rings is 1. The van der Waals surface area contributed by atoms with Crippen LogP contribution in [0.3, 0.4) is 0 Å². The normalized spacial score (nSPS) is 16.2. The highest BCUT2D eigenvalue weighted by Crippen LogP contribution is 2.34. The smallest absolute Gasteiger partial charge is 0.237 e. The van der Waals surface area contributed by atoms with Crippen LogP contribution in [-0.2, 0) is 4.79 Å². The molecule has 2 aliphatic rings. The van der Waals surface area contributed by atoms with E-state index in [1.807, 2.05) is 19.1 Å². The van der Waals surface area contributed by atoms with Gasteiger partial charge in [-0.1, -0.05) is 29.5 Å². The Morgan fingerprint density at radius 2 is 1.74 bits per heavy atom. The minimum atomic E-state index is -0.379. The van der Waals surface area contributed by atoms with Crippen LogP contribution in [0.15, 0.2) is 47.6 Å². The maximum absolute atomic E-state index is 13.0. The summed E-state index contributed by atoms with van der Waals surface area (Å²) >= 11 is 1.40. The first-order chi connectivity index (χ1) is 16.6. The Bertz CT molecular complexity index is 1160. The van der Waals surface area contributed by atoms with Crippen molar-refractivity contribution in [1.82, 2.24) is 14.8 Å². The average molecular weight is 480 g/mol. The Morgan fingerprint density at radius 1 is 1.00 bits per heavy atom. The Balaban J connectivity index is 1.36. The molecule has 0 radical (unpaired) electrons. The van der Waals surface area contributed by atoms with E-state index in [-0.39, 0.29) is 11.2 Å². The van der Waals surface area contributed by atoms with E-state index in [0.717, 1.165) is 37.6 Å². The van der Waals surface area contributed by atoms with Crippen LogP contribution in [0.1, 0.15) is 31.7 Å². The third-order valence-electron chi connectivity index (χ3n) is 6.01. The summed E-state index contributed by atoms with van der Waals surface area (Å²) in [5.74, 6) is 2.07. The summed E-state index contributed by atoms with van der Waals surface area (Å²) in [6, 6.07) is 13.8. The van der Waals surface area contributed by atoms with E-state index in [1.54, 1.807) is 6.07 Å². The number of ether oxygens (including phenoxy) is 2. The summed E-state index contributed by atoms with van der Waals surface area (Å²) < 4.78 is 13.3. The molecule has 0 spiro atoms. The number of aromatic nitrogens is 3. The zero-order valence-electron chi connectivity index (χ0n) is 19.5. The Labute approximate surface area is 203 Å². The molecule has 1 atom stereocenters.